The first-order chi connectivity index (χ1) is 9.15. The second kappa shape index (κ2) is 8.37. The van der Waals surface area contributed by atoms with Crippen LogP contribution in [-0.2, 0) is 12.8 Å². The Morgan fingerprint density at radius 2 is 1.79 bits per heavy atom. The monoisotopic (exact) mass is 261 g/mol. The lowest BCUT2D eigenvalue weighted by Gasteiger charge is -2.24. The molecule has 2 atom stereocenters. The van der Waals surface area contributed by atoms with Crippen LogP contribution in [0.25, 0.3) is 0 Å². The van der Waals surface area contributed by atoms with Gasteiger partial charge in [-0.3, -0.25) is 0 Å². The molecular weight excluding hydrogens is 230 g/mol. The van der Waals surface area contributed by atoms with Gasteiger partial charge in [-0.1, -0.05) is 59.2 Å². The first kappa shape index (κ1) is 16.2. The molecule has 1 aromatic carbocycles. The van der Waals surface area contributed by atoms with Crippen LogP contribution in [0.3, 0.4) is 0 Å². The molecule has 0 radical (unpaired) electrons. The number of hydrogen-bond acceptors (Lipinski definition) is 1. The van der Waals surface area contributed by atoms with E-state index in [0.29, 0.717) is 6.04 Å². The molecule has 0 fully saturated rings. The SMILES string of the molecule is CCNC(CC(C)CC)c1cc(CC)ccc1CC. The maximum absolute atomic E-state index is 3.69. The molecular formula is C18H31N. The average molecular weight is 261 g/mol. The van der Waals surface area contributed by atoms with Crippen LogP contribution in [0.4, 0.5) is 0 Å². The predicted octanol–water partition coefficient (Wildman–Crippen LogP) is 4.90. The van der Waals surface area contributed by atoms with Crippen molar-refractivity contribution in [1.82, 2.24) is 5.32 Å². The molecule has 0 aliphatic carbocycles. The van der Waals surface area contributed by atoms with Gasteiger partial charge in [-0.25, -0.2) is 0 Å². The molecule has 0 aromatic heterocycles. The second-order valence-electron chi connectivity index (χ2n) is 5.60. The zero-order valence-corrected chi connectivity index (χ0v) is 13.4. The van der Waals surface area contributed by atoms with Crippen LogP contribution in [0, 0.1) is 5.92 Å². The lowest BCUT2D eigenvalue weighted by atomic mass is 9.89. The van der Waals surface area contributed by atoms with Crippen LogP contribution in [0.5, 0.6) is 0 Å². The maximum Gasteiger partial charge on any atom is 0.0325 e. The topological polar surface area (TPSA) is 12.0 Å². The summed E-state index contributed by atoms with van der Waals surface area (Å²) in [5.41, 5.74) is 4.50. The Balaban J connectivity index is 3.04. The van der Waals surface area contributed by atoms with E-state index in [9.17, 15) is 0 Å². The second-order valence-corrected chi connectivity index (χ2v) is 5.60. The van der Waals surface area contributed by atoms with Crippen LogP contribution in [-0.4, -0.2) is 6.54 Å². The van der Waals surface area contributed by atoms with Crippen molar-refractivity contribution in [2.45, 2.75) is 66.3 Å². The average Bonchev–Trinajstić information content (AvgIpc) is 2.45. The quantitative estimate of drug-likeness (QED) is 0.702. The van der Waals surface area contributed by atoms with Crippen LogP contribution < -0.4 is 5.32 Å². The van der Waals surface area contributed by atoms with Crippen LogP contribution in [0.2, 0.25) is 0 Å². The number of benzene rings is 1. The third-order valence-corrected chi connectivity index (χ3v) is 4.16. The van der Waals surface area contributed by atoms with Crippen molar-refractivity contribution in [1.29, 1.82) is 0 Å². The van der Waals surface area contributed by atoms with E-state index in [2.05, 4.69) is 58.1 Å². The van der Waals surface area contributed by atoms with Gasteiger partial charge in [0.1, 0.15) is 0 Å². The molecule has 19 heavy (non-hydrogen) atoms. The Morgan fingerprint density at radius 1 is 1.05 bits per heavy atom. The normalized spacial score (nSPS) is 14.4. The number of rotatable bonds is 8. The van der Waals surface area contributed by atoms with Crippen molar-refractivity contribution in [3.8, 4) is 0 Å². The fraction of sp³-hybridized carbons (Fsp3) is 0.667. The number of hydrogen-bond donors (Lipinski definition) is 1. The van der Waals surface area contributed by atoms with E-state index in [4.69, 9.17) is 0 Å². The highest BCUT2D eigenvalue weighted by molar-refractivity contribution is 5.34. The van der Waals surface area contributed by atoms with Gasteiger partial charge in [-0.05, 0) is 48.4 Å². The van der Waals surface area contributed by atoms with Gasteiger partial charge in [0.2, 0.25) is 0 Å². The molecule has 1 N–H and O–H groups in total. The summed E-state index contributed by atoms with van der Waals surface area (Å²) >= 11 is 0. The molecule has 108 valence electrons. The summed E-state index contributed by atoms with van der Waals surface area (Å²) in [6.07, 6.45) is 4.75. The number of nitrogens with one attached hydrogen (secondary N) is 1. The third kappa shape index (κ3) is 4.65. The Bertz CT molecular complexity index is 370. The van der Waals surface area contributed by atoms with Gasteiger partial charge < -0.3 is 5.32 Å². The first-order valence-electron chi connectivity index (χ1n) is 8.01. The fourth-order valence-corrected chi connectivity index (χ4v) is 2.65. The molecule has 1 rings (SSSR count). The highest BCUT2D eigenvalue weighted by atomic mass is 14.9. The van der Waals surface area contributed by atoms with Gasteiger partial charge in [0.25, 0.3) is 0 Å². The maximum atomic E-state index is 3.69. The highest BCUT2D eigenvalue weighted by Crippen LogP contribution is 2.27. The lowest BCUT2D eigenvalue weighted by molar-refractivity contribution is 0.406. The van der Waals surface area contributed by atoms with E-state index < -0.39 is 0 Å². The van der Waals surface area contributed by atoms with Crippen molar-refractivity contribution in [2.75, 3.05) is 6.54 Å². The Morgan fingerprint density at radius 3 is 2.32 bits per heavy atom. The van der Waals surface area contributed by atoms with Crippen LogP contribution in [0.1, 0.15) is 70.2 Å². The van der Waals surface area contributed by atoms with Crippen molar-refractivity contribution in [2.24, 2.45) is 5.92 Å². The molecule has 0 spiro atoms. The van der Waals surface area contributed by atoms with E-state index in [1.807, 2.05) is 0 Å². The minimum atomic E-state index is 0.515. The van der Waals surface area contributed by atoms with E-state index in [-0.39, 0.29) is 0 Å². The van der Waals surface area contributed by atoms with Gasteiger partial charge in [-0.2, -0.15) is 0 Å². The van der Waals surface area contributed by atoms with Gasteiger partial charge in [0.15, 0.2) is 0 Å². The van der Waals surface area contributed by atoms with Crippen LogP contribution >= 0.6 is 0 Å². The van der Waals surface area contributed by atoms with Crippen molar-refractivity contribution in [3.05, 3.63) is 34.9 Å². The summed E-state index contributed by atoms with van der Waals surface area (Å²) in [4.78, 5) is 0. The summed E-state index contributed by atoms with van der Waals surface area (Å²) in [6.45, 7) is 12.4. The standard InChI is InChI=1S/C18H31N/c1-6-14(5)12-18(19-9-4)17-13-15(7-2)10-11-16(17)8-3/h10-11,13-14,18-19H,6-9,12H2,1-5H3. The van der Waals surface area contributed by atoms with Crippen molar-refractivity contribution in [3.63, 3.8) is 0 Å². The smallest absolute Gasteiger partial charge is 0.0325 e. The Kier molecular flexibility index (Phi) is 7.15. The molecule has 0 saturated heterocycles. The van der Waals surface area contributed by atoms with Crippen molar-refractivity contribution < 1.29 is 0 Å². The minimum absolute atomic E-state index is 0.515. The molecule has 1 nitrogen and oxygen atoms in total. The van der Waals surface area contributed by atoms with Gasteiger partial charge in [-0.15, -0.1) is 0 Å². The third-order valence-electron chi connectivity index (χ3n) is 4.16. The summed E-state index contributed by atoms with van der Waals surface area (Å²) in [5, 5.41) is 3.69. The molecule has 0 amide bonds. The fourth-order valence-electron chi connectivity index (χ4n) is 2.65. The van der Waals surface area contributed by atoms with E-state index >= 15 is 0 Å². The van der Waals surface area contributed by atoms with Crippen molar-refractivity contribution >= 4 is 0 Å². The first-order valence-corrected chi connectivity index (χ1v) is 8.01. The molecule has 2 unspecified atom stereocenters. The minimum Gasteiger partial charge on any atom is -0.310 e. The van der Waals surface area contributed by atoms with Crippen LogP contribution in [0.15, 0.2) is 18.2 Å². The molecule has 0 aliphatic heterocycles. The van der Waals surface area contributed by atoms with E-state index in [0.717, 1.165) is 25.3 Å². The largest absolute Gasteiger partial charge is 0.310 e. The van der Waals surface area contributed by atoms with E-state index in [1.54, 1.807) is 0 Å². The highest BCUT2D eigenvalue weighted by Gasteiger charge is 2.16. The summed E-state index contributed by atoms with van der Waals surface area (Å²) in [6, 6.07) is 7.56. The molecule has 1 heteroatoms. The predicted molar refractivity (Wildman–Crippen MR) is 85.7 cm³/mol. The molecule has 0 aliphatic rings. The van der Waals surface area contributed by atoms with Gasteiger partial charge in [0, 0.05) is 6.04 Å². The molecule has 0 bridgehead atoms. The summed E-state index contributed by atoms with van der Waals surface area (Å²) < 4.78 is 0. The summed E-state index contributed by atoms with van der Waals surface area (Å²) in [7, 11) is 0. The van der Waals surface area contributed by atoms with Gasteiger partial charge in [0.05, 0.1) is 0 Å². The Hall–Kier alpha value is -0.820. The zero-order valence-electron chi connectivity index (χ0n) is 13.4. The zero-order chi connectivity index (χ0) is 14.3. The lowest BCUT2D eigenvalue weighted by Crippen LogP contribution is -2.24. The van der Waals surface area contributed by atoms with Gasteiger partial charge >= 0.3 is 0 Å². The molecule has 1 aromatic rings. The van der Waals surface area contributed by atoms with E-state index in [1.165, 1.54) is 29.5 Å². The Labute approximate surface area is 119 Å². The molecule has 0 saturated carbocycles. The summed E-state index contributed by atoms with van der Waals surface area (Å²) in [5.74, 6) is 0.777. The number of aryl methyl sites for hydroxylation is 2. The molecule has 0 heterocycles.